The van der Waals surface area contributed by atoms with E-state index in [4.69, 9.17) is 4.52 Å². The molecule has 3 rings (SSSR count). The average molecular weight is 358 g/mol. The third-order valence-electron chi connectivity index (χ3n) is 4.05. The third-order valence-corrected chi connectivity index (χ3v) is 4.05. The van der Waals surface area contributed by atoms with Crippen molar-refractivity contribution in [1.82, 2.24) is 5.16 Å². The zero-order valence-electron chi connectivity index (χ0n) is 13.8. The molecule has 1 N–H and O–H groups in total. The van der Waals surface area contributed by atoms with Crippen molar-refractivity contribution in [3.8, 4) is 34.1 Å². The molecule has 0 aliphatic heterocycles. The van der Waals surface area contributed by atoms with E-state index in [1.54, 1.807) is 13.8 Å². The van der Waals surface area contributed by atoms with Crippen LogP contribution in [0.15, 0.2) is 40.9 Å². The predicted octanol–water partition coefficient (Wildman–Crippen LogP) is 5.22. The van der Waals surface area contributed by atoms with Crippen LogP contribution in [0.5, 0.6) is 5.75 Å². The molecule has 0 fully saturated rings. The summed E-state index contributed by atoms with van der Waals surface area (Å²) >= 11 is 0. The molecular weight excluding hydrogens is 345 g/mol. The van der Waals surface area contributed by atoms with Crippen LogP contribution in [0.4, 0.5) is 13.2 Å². The first-order chi connectivity index (χ1) is 12.2. The van der Waals surface area contributed by atoms with E-state index in [1.165, 1.54) is 24.3 Å². The number of benzene rings is 2. The van der Waals surface area contributed by atoms with Gasteiger partial charge in [-0.05, 0) is 49.2 Å². The van der Waals surface area contributed by atoms with Gasteiger partial charge in [-0.15, -0.1) is 0 Å². The van der Waals surface area contributed by atoms with Gasteiger partial charge in [0.25, 0.3) is 0 Å². The molecule has 0 aliphatic carbocycles. The molecule has 0 saturated heterocycles. The fraction of sp³-hybridized carbons (Fsp3) is 0.158. The van der Waals surface area contributed by atoms with Crippen LogP contribution in [0.1, 0.15) is 22.6 Å². The summed E-state index contributed by atoms with van der Waals surface area (Å²) in [6.07, 6.45) is -4.60. The first-order valence-corrected chi connectivity index (χ1v) is 7.60. The fourth-order valence-electron chi connectivity index (χ4n) is 2.87. The predicted molar refractivity (Wildman–Crippen MR) is 88.2 cm³/mol. The number of aromatic hydroxyl groups is 1. The maximum absolute atomic E-state index is 13.3. The standard InChI is InChI=1S/C19H13F3N2O2/c1-10-17(11(2)26-24-10)18-13(9-23)7-14(19(20,21)22)8-16(18)12-3-5-15(25)6-4-12/h3-8,25H,1-2H3. The molecule has 0 radical (unpaired) electrons. The van der Waals surface area contributed by atoms with Crippen molar-refractivity contribution in [3.05, 3.63) is 59.0 Å². The van der Waals surface area contributed by atoms with Crippen LogP contribution in [0, 0.1) is 25.2 Å². The molecule has 4 nitrogen and oxygen atoms in total. The van der Waals surface area contributed by atoms with Crippen molar-refractivity contribution < 1.29 is 22.8 Å². The lowest BCUT2D eigenvalue weighted by Gasteiger charge is -2.16. The summed E-state index contributed by atoms with van der Waals surface area (Å²) in [5.41, 5.74) is 0.871. The highest BCUT2D eigenvalue weighted by Gasteiger charge is 2.33. The maximum Gasteiger partial charge on any atom is 0.416 e. The molecule has 2 aromatic carbocycles. The maximum atomic E-state index is 13.3. The number of hydrogen-bond donors (Lipinski definition) is 1. The normalized spacial score (nSPS) is 11.4. The van der Waals surface area contributed by atoms with E-state index in [0.717, 1.165) is 12.1 Å². The van der Waals surface area contributed by atoms with E-state index in [-0.39, 0.29) is 16.9 Å². The molecule has 0 unspecified atom stereocenters. The Bertz CT molecular complexity index is 993. The summed E-state index contributed by atoms with van der Waals surface area (Å²) in [6.45, 7) is 3.29. The van der Waals surface area contributed by atoms with Crippen molar-refractivity contribution >= 4 is 0 Å². The smallest absolute Gasteiger partial charge is 0.416 e. The third kappa shape index (κ3) is 3.02. The van der Waals surface area contributed by atoms with Crippen molar-refractivity contribution in [3.63, 3.8) is 0 Å². The van der Waals surface area contributed by atoms with Gasteiger partial charge in [0.2, 0.25) is 0 Å². The van der Waals surface area contributed by atoms with E-state index in [9.17, 15) is 23.5 Å². The van der Waals surface area contributed by atoms with Gasteiger partial charge in [0.05, 0.1) is 22.9 Å². The molecule has 0 bridgehead atoms. The summed E-state index contributed by atoms with van der Waals surface area (Å²) in [4.78, 5) is 0. The largest absolute Gasteiger partial charge is 0.508 e. The van der Waals surface area contributed by atoms with Gasteiger partial charge in [-0.3, -0.25) is 0 Å². The van der Waals surface area contributed by atoms with E-state index in [1.807, 2.05) is 6.07 Å². The van der Waals surface area contributed by atoms with Crippen molar-refractivity contribution in [2.24, 2.45) is 0 Å². The van der Waals surface area contributed by atoms with Crippen molar-refractivity contribution in [1.29, 1.82) is 5.26 Å². The molecular formula is C19H13F3N2O2. The van der Waals surface area contributed by atoms with Crippen LogP contribution in [0.3, 0.4) is 0 Å². The zero-order chi connectivity index (χ0) is 19.1. The van der Waals surface area contributed by atoms with E-state index < -0.39 is 11.7 Å². The van der Waals surface area contributed by atoms with Crippen LogP contribution in [0.25, 0.3) is 22.3 Å². The molecule has 3 aromatic rings. The minimum absolute atomic E-state index is 0.0138. The fourth-order valence-corrected chi connectivity index (χ4v) is 2.87. The summed E-state index contributed by atoms with van der Waals surface area (Å²) < 4.78 is 45.1. The number of phenolic OH excluding ortho intramolecular Hbond substituents is 1. The van der Waals surface area contributed by atoms with Gasteiger partial charge in [0.15, 0.2) is 0 Å². The number of phenols is 1. The van der Waals surface area contributed by atoms with Crippen molar-refractivity contribution in [2.75, 3.05) is 0 Å². The monoisotopic (exact) mass is 358 g/mol. The number of hydrogen-bond acceptors (Lipinski definition) is 4. The second kappa shape index (κ2) is 6.23. The summed E-state index contributed by atoms with van der Waals surface area (Å²) in [6, 6.07) is 9.41. The van der Waals surface area contributed by atoms with Gasteiger partial charge in [-0.2, -0.15) is 18.4 Å². The number of halogens is 3. The molecule has 0 spiro atoms. The van der Waals surface area contributed by atoms with Gasteiger partial charge in [-0.1, -0.05) is 17.3 Å². The molecule has 1 heterocycles. The Hall–Kier alpha value is -3.27. The lowest BCUT2D eigenvalue weighted by molar-refractivity contribution is -0.137. The Morgan fingerprint density at radius 1 is 1.08 bits per heavy atom. The minimum Gasteiger partial charge on any atom is -0.508 e. The number of nitriles is 1. The molecule has 0 atom stereocenters. The second-order valence-corrected chi connectivity index (χ2v) is 5.80. The van der Waals surface area contributed by atoms with Gasteiger partial charge >= 0.3 is 6.18 Å². The highest BCUT2D eigenvalue weighted by molar-refractivity contribution is 5.89. The average Bonchev–Trinajstić information content (AvgIpc) is 2.92. The highest BCUT2D eigenvalue weighted by Crippen LogP contribution is 2.42. The number of alkyl halides is 3. The van der Waals surface area contributed by atoms with Crippen LogP contribution in [-0.2, 0) is 6.18 Å². The first kappa shape index (κ1) is 17.5. The van der Waals surface area contributed by atoms with Gasteiger partial charge in [-0.25, -0.2) is 0 Å². The number of rotatable bonds is 2. The summed E-state index contributed by atoms with van der Waals surface area (Å²) in [5, 5.41) is 22.8. The van der Waals surface area contributed by atoms with Crippen LogP contribution in [0.2, 0.25) is 0 Å². The molecule has 26 heavy (non-hydrogen) atoms. The molecule has 7 heteroatoms. The molecule has 132 valence electrons. The number of aromatic nitrogens is 1. The topological polar surface area (TPSA) is 70.0 Å². The quantitative estimate of drug-likeness (QED) is 0.682. The molecule has 1 aromatic heterocycles. The number of aryl methyl sites for hydroxylation is 2. The molecule has 0 saturated carbocycles. The SMILES string of the molecule is Cc1noc(C)c1-c1c(C#N)cc(C(F)(F)F)cc1-c1ccc(O)cc1. The summed E-state index contributed by atoms with van der Waals surface area (Å²) in [5.74, 6) is 0.388. The van der Waals surface area contributed by atoms with E-state index in [2.05, 4.69) is 5.16 Å². The van der Waals surface area contributed by atoms with Gasteiger partial charge in [0.1, 0.15) is 11.5 Å². The van der Waals surface area contributed by atoms with Gasteiger partial charge < -0.3 is 9.63 Å². The van der Waals surface area contributed by atoms with E-state index >= 15 is 0 Å². The molecule has 0 aliphatic rings. The molecule has 0 amide bonds. The lowest BCUT2D eigenvalue weighted by Crippen LogP contribution is -2.07. The van der Waals surface area contributed by atoms with Crippen LogP contribution in [-0.4, -0.2) is 10.3 Å². The highest BCUT2D eigenvalue weighted by atomic mass is 19.4. The Kier molecular flexibility index (Phi) is 4.20. The Balaban J connectivity index is 2.42. The Morgan fingerprint density at radius 2 is 1.73 bits per heavy atom. The summed E-state index contributed by atoms with van der Waals surface area (Å²) in [7, 11) is 0. The zero-order valence-corrected chi connectivity index (χ0v) is 13.8. The second-order valence-electron chi connectivity index (χ2n) is 5.80. The van der Waals surface area contributed by atoms with Gasteiger partial charge in [0, 0.05) is 11.1 Å². The van der Waals surface area contributed by atoms with Crippen molar-refractivity contribution in [2.45, 2.75) is 20.0 Å². The minimum atomic E-state index is -4.60. The first-order valence-electron chi connectivity index (χ1n) is 7.60. The van der Waals surface area contributed by atoms with E-state index in [0.29, 0.717) is 28.1 Å². The Labute approximate surface area is 147 Å². The van der Waals surface area contributed by atoms with Crippen LogP contribution < -0.4 is 0 Å². The Morgan fingerprint density at radius 3 is 2.23 bits per heavy atom. The number of nitrogens with zero attached hydrogens (tertiary/aromatic N) is 2. The van der Waals surface area contributed by atoms with Crippen LogP contribution >= 0.6 is 0 Å². The lowest BCUT2D eigenvalue weighted by atomic mass is 9.88.